The number of hydrogen-bond donors (Lipinski definition) is 2. The van der Waals surface area contributed by atoms with E-state index in [2.05, 4.69) is 20.2 Å². The number of aliphatic hydroxyl groups is 1. The van der Waals surface area contributed by atoms with Crippen LogP contribution in [0.25, 0.3) is 17.1 Å². The fourth-order valence-corrected chi connectivity index (χ4v) is 3.76. The van der Waals surface area contributed by atoms with Crippen molar-refractivity contribution in [3.8, 4) is 17.1 Å². The predicted octanol–water partition coefficient (Wildman–Crippen LogP) is 3.26. The normalized spacial score (nSPS) is 12.9. The second-order valence-corrected chi connectivity index (χ2v) is 9.17. The van der Waals surface area contributed by atoms with Gasteiger partial charge in [0.15, 0.2) is 17.8 Å². The molecule has 4 rings (SSSR count). The Morgan fingerprint density at radius 1 is 1.05 bits per heavy atom. The molecule has 41 heavy (non-hydrogen) atoms. The first-order valence-corrected chi connectivity index (χ1v) is 12.0. The average molecular weight is 625 g/mol. The molecule has 4 aromatic rings. The lowest BCUT2D eigenvalue weighted by atomic mass is 10.2. The highest BCUT2D eigenvalue weighted by atomic mass is 35.5. The first kappa shape index (κ1) is 30.0. The summed E-state index contributed by atoms with van der Waals surface area (Å²) >= 11 is 12.0. The quantitative estimate of drug-likeness (QED) is 0.288. The van der Waals surface area contributed by atoms with Gasteiger partial charge < -0.3 is 10.4 Å². The molecule has 0 fully saturated rings. The van der Waals surface area contributed by atoms with Gasteiger partial charge in [0, 0.05) is 16.8 Å². The van der Waals surface area contributed by atoms with E-state index >= 15 is 0 Å². The van der Waals surface area contributed by atoms with Crippen molar-refractivity contribution in [2.45, 2.75) is 31.5 Å². The third-order valence-corrected chi connectivity index (χ3v) is 5.90. The van der Waals surface area contributed by atoms with E-state index in [9.17, 15) is 41.0 Å². The van der Waals surface area contributed by atoms with Crippen molar-refractivity contribution < 1.29 is 36.2 Å². The van der Waals surface area contributed by atoms with E-state index in [0.717, 1.165) is 10.9 Å². The summed E-state index contributed by atoms with van der Waals surface area (Å²) in [4.78, 5) is 33.5. The Hall–Kier alpha value is -3.96. The van der Waals surface area contributed by atoms with Crippen LogP contribution in [-0.4, -0.2) is 70.1 Å². The van der Waals surface area contributed by atoms with Crippen LogP contribution in [0.3, 0.4) is 0 Å². The third-order valence-electron chi connectivity index (χ3n) is 5.33. The maximum atomic E-state index is 13.1. The Morgan fingerprint density at radius 2 is 1.73 bits per heavy atom. The number of pyridine rings is 1. The van der Waals surface area contributed by atoms with Gasteiger partial charge in [-0.3, -0.25) is 14.3 Å². The number of halogens is 8. The molecule has 0 aliphatic carbocycles. The van der Waals surface area contributed by atoms with Gasteiger partial charge in [-0.1, -0.05) is 23.2 Å². The van der Waals surface area contributed by atoms with Crippen LogP contribution in [0.2, 0.25) is 10.0 Å². The molecule has 0 aliphatic rings. The van der Waals surface area contributed by atoms with E-state index < -0.39 is 55.5 Å². The molecule has 11 nitrogen and oxygen atoms in total. The summed E-state index contributed by atoms with van der Waals surface area (Å²) in [6, 6.07) is 6.87. The lowest BCUT2D eigenvalue weighted by Crippen LogP contribution is -2.37. The van der Waals surface area contributed by atoms with Crippen molar-refractivity contribution in [1.82, 2.24) is 39.4 Å². The van der Waals surface area contributed by atoms with Crippen molar-refractivity contribution in [2.75, 3.05) is 6.54 Å². The Morgan fingerprint density at radius 3 is 2.34 bits per heavy atom. The number of nitrogens with one attached hydrogen (secondary N) is 1. The van der Waals surface area contributed by atoms with E-state index in [1.165, 1.54) is 36.5 Å². The van der Waals surface area contributed by atoms with Gasteiger partial charge in [0.25, 0.3) is 5.91 Å². The number of aliphatic hydroxyl groups excluding tert-OH is 1. The van der Waals surface area contributed by atoms with E-state index in [-0.39, 0.29) is 32.9 Å². The highest BCUT2D eigenvalue weighted by Gasteiger charge is 2.39. The third kappa shape index (κ3) is 7.04. The smallest absolute Gasteiger partial charge is 0.382 e. The summed E-state index contributed by atoms with van der Waals surface area (Å²) in [5.74, 6) is -2.56. The largest absolute Gasteiger partial charge is 0.416 e. The lowest BCUT2D eigenvalue weighted by molar-refractivity contribution is -0.207. The van der Waals surface area contributed by atoms with E-state index in [4.69, 9.17) is 23.2 Å². The van der Waals surface area contributed by atoms with Crippen LogP contribution in [0.1, 0.15) is 16.4 Å². The second-order valence-electron chi connectivity index (χ2n) is 8.33. The van der Waals surface area contributed by atoms with Gasteiger partial charge in [-0.25, -0.2) is 19.1 Å². The van der Waals surface area contributed by atoms with Crippen LogP contribution in [0.15, 0.2) is 47.5 Å². The summed E-state index contributed by atoms with van der Waals surface area (Å²) in [7, 11) is 0. The SMILES string of the molecule is O=C(NCC(F)(F)F)c1nc(Cn2nc(-c3ccc(Cl)cc3)n(C[C@H](O)C(F)(F)F)c2=O)nn1-c1cnccc1Cl. The number of aromatic nitrogens is 7. The molecule has 0 bridgehead atoms. The van der Waals surface area contributed by atoms with E-state index in [1.807, 2.05) is 0 Å². The first-order chi connectivity index (χ1) is 19.1. The summed E-state index contributed by atoms with van der Waals surface area (Å²) in [6.07, 6.45) is -10.3. The monoisotopic (exact) mass is 624 g/mol. The molecule has 0 saturated carbocycles. The standard InChI is InChI=1S/C22H16Cl2F6N8O3/c23-12-3-1-11(2-4-12)17-35-37(20(41)36(17)8-15(39)22(28,29)30)9-16-33-18(19(40)32-10-21(25,26)27)38(34-16)14-7-31-6-5-13(14)24/h1-7,15,39H,8-10H2,(H,32,40)/t15-/m0/s1. The molecule has 1 aromatic carbocycles. The molecule has 0 radical (unpaired) electrons. The summed E-state index contributed by atoms with van der Waals surface area (Å²) in [5.41, 5.74) is -0.984. The van der Waals surface area contributed by atoms with Crippen molar-refractivity contribution in [3.05, 3.63) is 74.9 Å². The number of carbonyl (C=O) groups is 1. The predicted molar refractivity (Wildman–Crippen MR) is 131 cm³/mol. The minimum absolute atomic E-state index is 0.00562. The van der Waals surface area contributed by atoms with Crippen LogP contribution in [0.5, 0.6) is 0 Å². The van der Waals surface area contributed by atoms with Crippen LogP contribution in [0, 0.1) is 0 Å². The molecule has 3 heterocycles. The molecule has 3 aromatic heterocycles. The van der Waals surface area contributed by atoms with Crippen molar-refractivity contribution in [3.63, 3.8) is 0 Å². The van der Waals surface area contributed by atoms with Crippen molar-refractivity contribution in [1.29, 1.82) is 0 Å². The van der Waals surface area contributed by atoms with Gasteiger partial charge in [-0.15, -0.1) is 10.2 Å². The zero-order valence-corrected chi connectivity index (χ0v) is 21.7. The Labute approximate surface area is 235 Å². The number of nitrogens with zero attached hydrogens (tertiary/aromatic N) is 7. The van der Waals surface area contributed by atoms with Crippen LogP contribution < -0.4 is 11.0 Å². The fraction of sp³-hybridized carbons (Fsp3) is 0.273. The van der Waals surface area contributed by atoms with Crippen molar-refractivity contribution >= 4 is 29.1 Å². The highest BCUT2D eigenvalue weighted by molar-refractivity contribution is 6.32. The molecule has 0 aliphatic heterocycles. The number of amides is 1. The molecular weight excluding hydrogens is 609 g/mol. The van der Waals surface area contributed by atoms with Gasteiger partial charge in [0.05, 0.1) is 17.8 Å². The van der Waals surface area contributed by atoms with Gasteiger partial charge in [0.2, 0.25) is 5.82 Å². The molecule has 218 valence electrons. The Balaban J connectivity index is 1.77. The maximum absolute atomic E-state index is 13.1. The maximum Gasteiger partial charge on any atom is 0.416 e. The van der Waals surface area contributed by atoms with Gasteiger partial charge in [-0.05, 0) is 30.3 Å². The molecule has 0 spiro atoms. The minimum Gasteiger partial charge on any atom is -0.382 e. The summed E-state index contributed by atoms with van der Waals surface area (Å²) < 4.78 is 79.4. The van der Waals surface area contributed by atoms with Gasteiger partial charge >= 0.3 is 18.0 Å². The highest BCUT2D eigenvalue weighted by Crippen LogP contribution is 2.25. The number of carbonyl (C=O) groups excluding carboxylic acids is 1. The molecule has 1 atom stereocenters. The molecule has 0 unspecified atom stereocenters. The summed E-state index contributed by atoms with van der Waals surface area (Å²) in [5, 5.41) is 19.7. The molecule has 1 amide bonds. The lowest BCUT2D eigenvalue weighted by Gasteiger charge is -2.15. The number of rotatable bonds is 8. The number of hydrogen-bond acceptors (Lipinski definition) is 7. The van der Waals surface area contributed by atoms with E-state index in [1.54, 1.807) is 5.32 Å². The van der Waals surface area contributed by atoms with Crippen LogP contribution in [-0.2, 0) is 13.1 Å². The molecule has 0 saturated heterocycles. The van der Waals surface area contributed by atoms with Crippen LogP contribution in [0.4, 0.5) is 26.3 Å². The van der Waals surface area contributed by atoms with Crippen LogP contribution >= 0.6 is 23.2 Å². The Bertz CT molecular complexity index is 1620. The molecule has 2 N–H and O–H groups in total. The van der Waals surface area contributed by atoms with Crippen molar-refractivity contribution in [2.24, 2.45) is 0 Å². The van der Waals surface area contributed by atoms with Gasteiger partial charge in [-0.2, -0.15) is 26.3 Å². The average Bonchev–Trinajstić information content (AvgIpc) is 3.44. The minimum atomic E-state index is -5.05. The van der Waals surface area contributed by atoms with E-state index in [0.29, 0.717) is 9.25 Å². The zero-order chi connectivity index (χ0) is 30.1. The Kier molecular flexibility index (Phi) is 8.41. The zero-order valence-electron chi connectivity index (χ0n) is 20.2. The number of alkyl halides is 6. The molecular formula is C22H16Cl2F6N8O3. The second kappa shape index (κ2) is 11.5. The molecule has 19 heteroatoms. The van der Waals surface area contributed by atoms with Gasteiger partial charge in [0.1, 0.15) is 18.8 Å². The fourth-order valence-electron chi connectivity index (χ4n) is 3.45. The number of benzene rings is 1. The first-order valence-electron chi connectivity index (χ1n) is 11.2. The topological polar surface area (TPSA) is 133 Å². The summed E-state index contributed by atoms with van der Waals surface area (Å²) in [6.45, 7) is -3.54.